The van der Waals surface area contributed by atoms with Gasteiger partial charge in [0, 0.05) is 11.8 Å². The molecular formula is C28H41ClN2O5. The Morgan fingerprint density at radius 3 is 2.11 bits per heavy atom. The lowest BCUT2D eigenvalue weighted by molar-refractivity contribution is -0.135. The summed E-state index contributed by atoms with van der Waals surface area (Å²) in [6, 6.07) is 12.5. The molecule has 0 fully saturated rings. The molecule has 0 aromatic heterocycles. The number of carboxylic acids is 1. The van der Waals surface area contributed by atoms with Crippen LogP contribution < -0.4 is 15.8 Å². The van der Waals surface area contributed by atoms with Crippen LogP contribution in [-0.2, 0) is 16.0 Å². The molecule has 1 amide bonds. The van der Waals surface area contributed by atoms with E-state index >= 15 is 0 Å². The minimum absolute atomic E-state index is 0.0145. The lowest BCUT2D eigenvalue weighted by Gasteiger charge is -2.12. The van der Waals surface area contributed by atoms with E-state index in [1.54, 1.807) is 6.07 Å². The van der Waals surface area contributed by atoms with Gasteiger partial charge in [0.25, 0.3) is 5.91 Å². The highest BCUT2D eigenvalue weighted by atomic mass is 35.5. The molecule has 36 heavy (non-hydrogen) atoms. The largest absolute Gasteiger partial charge is 0.506 e. The number of aliphatic carboxylic acids is 1. The van der Waals surface area contributed by atoms with E-state index in [-0.39, 0.29) is 29.8 Å². The van der Waals surface area contributed by atoms with Crippen LogP contribution in [0.2, 0.25) is 5.02 Å². The van der Waals surface area contributed by atoms with Gasteiger partial charge in [0.05, 0.1) is 11.6 Å². The van der Waals surface area contributed by atoms with Crippen LogP contribution in [0, 0.1) is 0 Å². The van der Waals surface area contributed by atoms with Crippen molar-refractivity contribution >= 4 is 29.2 Å². The van der Waals surface area contributed by atoms with Crippen LogP contribution in [0.4, 0.5) is 5.69 Å². The highest BCUT2D eigenvalue weighted by Crippen LogP contribution is 2.27. The summed E-state index contributed by atoms with van der Waals surface area (Å²) < 4.78 is 5.47. The van der Waals surface area contributed by atoms with Crippen LogP contribution in [0.5, 0.6) is 11.5 Å². The molecule has 0 aliphatic carbocycles. The lowest BCUT2D eigenvalue weighted by Crippen LogP contribution is -2.20. The van der Waals surface area contributed by atoms with Crippen molar-refractivity contribution in [2.45, 2.75) is 77.6 Å². The molecule has 2 aromatic carbocycles. The fraction of sp³-hybridized carbons (Fsp3) is 0.500. The number of anilines is 1. The molecule has 7 nitrogen and oxygen atoms in total. The number of carbonyl (C=O) groups excluding carboxylic acids is 1. The van der Waals surface area contributed by atoms with Gasteiger partial charge in [-0.3, -0.25) is 9.59 Å². The summed E-state index contributed by atoms with van der Waals surface area (Å²) in [5.74, 6) is -0.763. The van der Waals surface area contributed by atoms with Crippen molar-refractivity contribution in [3.8, 4) is 11.5 Å². The molecule has 200 valence electrons. The summed E-state index contributed by atoms with van der Waals surface area (Å²) in [4.78, 5) is 21.6. The summed E-state index contributed by atoms with van der Waals surface area (Å²) >= 11 is 5.86. The van der Waals surface area contributed by atoms with Gasteiger partial charge >= 0.3 is 5.97 Å². The second-order valence-corrected chi connectivity index (χ2v) is 9.04. The maximum absolute atomic E-state index is 12.3. The Labute approximate surface area is 220 Å². The molecule has 0 spiro atoms. The van der Waals surface area contributed by atoms with Crippen LogP contribution >= 0.6 is 11.6 Å². The van der Waals surface area contributed by atoms with Crippen molar-refractivity contribution in [2.24, 2.45) is 5.73 Å². The second kappa shape index (κ2) is 19.4. The highest BCUT2D eigenvalue weighted by molar-refractivity contribution is 6.32. The minimum atomic E-state index is -0.968. The maximum Gasteiger partial charge on any atom is 0.317 e. The molecule has 8 heteroatoms. The standard InChI is InChI=1S/C26H36ClNO3.C2H5NO2/c1-2-3-4-5-6-7-8-9-10-11-14-21-15-12-13-16-24(21)28-26(30)20-31-22-17-18-25(29)23(27)19-22;3-1-2(4)5/h12-13,15-19,29H,2-11,14,20H2,1H3,(H,28,30);1,3H2,(H,4,5). The number of nitrogens with one attached hydrogen (secondary N) is 1. The van der Waals surface area contributed by atoms with Gasteiger partial charge in [-0.1, -0.05) is 94.5 Å². The van der Waals surface area contributed by atoms with Gasteiger partial charge in [0.2, 0.25) is 0 Å². The van der Waals surface area contributed by atoms with Gasteiger partial charge in [-0.05, 0) is 36.6 Å². The molecule has 5 N–H and O–H groups in total. The quantitative estimate of drug-likeness (QED) is 0.186. The average molecular weight is 521 g/mol. The van der Waals surface area contributed by atoms with E-state index in [1.165, 1.54) is 69.9 Å². The molecule has 2 aromatic rings. The third-order valence-electron chi connectivity index (χ3n) is 5.55. The number of hydrogen-bond acceptors (Lipinski definition) is 5. The lowest BCUT2D eigenvalue weighted by atomic mass is 10.0. The minimum Gasteiger partial charge on any atom is -0.506 e. The molecule has 0 aliphatic rings. The predicted molar refractivity (Wildman–Crippen MR) is 146 cm³/mol. The average Bonchev–Trinajstić information content (AvgIpc) is 2.87. The normalized spacial score (nSPS) is 10.3. The summed E-state index contributed by atoms with van der Waals surface area (Å²) in [5.41, 5.74) is 6.57. The molecule has 0 heterocycles. The first-order valence-corrected chi connectivity index (χ1v) is 13.2. The monoisotopic (exact) mass is 520 g/mol. The number of nitrogens with two attached hydrogens (primary N) is 1. The summed E-state index contributed by atoms with van der Waals surface area (Å²) in [5, 5.41) is 20.2. The first-order valence-electron chi connectivity index (χ1n) is 12.8. The van der Waals surface area contributed by atoms with Crippen LogP contribution in [0.1, 0.15) is 76.7 Å². The third kappa shape index (κ3) is 14.6. The summed E-state index contributed by atoms with van der Waals surface area (Å²) in [7, 11) is 0. The molecule has 0 bridgehead atoms. The Bertz CT molecular complexity index is 907. The number of aryl methyl sites for hydroxylation is 1. The summed E-state index contributed by atoms with van der Waals surface area (Å²) in [6.45, 7) is 1.86. The van der Waals surface area contributed by atoms with Crippen LogP contribution in [-0.4, -0.2) is 35.2 Å². The summed E-state index contributed by atoms with van der Waals surface area (Å²) in [6.07, 6.45) is 14.1. The predicted octanol–water partition coefficient (Wildman–Crippen LogP) is 6.56. The van der Waals surface area contributed by atoms with Gasteiger partial charge in [-0.25, -0.2) is 0 Å². The number of benzene rings is 2. The second-order valence-electron chi connectivity index (χ2n) is 8.64. The van der Waals surface area contributed by atoms with Crippen molar-refractivity contribution < 1.29 is 24.5 Å². The van der Waals surface area contributed by atoms with E-state index in [0.29, 0.717) is 5.75 Å². The van der Waals surface area contributed by atoms with Gasteiger partial charge < -0.3 is 26.0 Å². The number of carboxylic acid groups (broad SMARTS) is 1. The third-order valence-corrected chi connectivity index (χ3v) is 5.86. The number of aromatic hydroxyl groups is 1. The number of carbonyl (C=O) groups is 2. The number of phenols is 1. The number of halogens is 1. The molecule has 0 atom stereocenters. The van der Waals surface area contributed by atoms with Gasteiger partial charge in [-0.15, -0.1) is 0 Å². The topological polar surface area (TPSA) is 122 Å². The van der Waals surface area contributed by atoms with Crippen molar-refractivity contribution in [1.82, 2.24) is 0 Å². The van der Waals surface area contributed by atoms with E-state index in [9.17, 15) is 14.7 Å². The van der Waals surface area contributed by atoms with E-state index in [0.717, 1.165) is 24.1 Å². The van der Waals surface area contributed by atoms with Crippen molar-refractivity contribution in [2.75, 3.05) is 18.5 Å². The Balaban J connectivity index is 0.00000118. The van der Waals surface area contributed by atoms with Crippen LogP contribution in [0.3, 0.4) is 0 Å². The number of phenolic OH excluding ortho intramolecular Hbond substituents is 1. The molecule has 0 radical (unpaired) electrons. The Morgan fingerprint density at radius 1 is 0.944 bits per heavy atom. The Hall–Kier alpha value is -2.77. The first-order chi connectivity index (χ1) is 17.4. The highest BCUT2D eigenvalue weighted by Gasteiger charge is 2.08. The van der Waals surface area contributed by atoms with Gasteiger partial charge in [-0.2, -0.15) is 0 Å². The number of unbranched alkanes of at least 4 members (excludes halogenated alkanes) is 9. The number of para-hydroxylation sites is 1. The fourth-order valence-electron chi connectivity index (χ4n) is 3.58. The van der Waals surface area contributed by atoms with Crippen molar-refractivity contribution in [1.29, 1.82) is 0 Å². The van der Waals surface area contributed by atoms with Crippen LogP contribution in [0.15, 0.2) is 42.5 Å². The van der Waals surface area contributed by atoms with Crippen molar-refractivity contribution in [3.05, 3.63) is 53.1 Å². The van der Waals surface area contributed by atoms with Gasteiger partial charge in [0.15, 0.2) is 6.61 Å². The number of amides is 1. The zero-order valence-electron chi connectivity index (χ0n) is 21.3. The van der Waals surface area contributed by atoms with E-state index in [4.69, 9.17) is 21.4 Å². The van der Waals surface area contributed by atoms with Gasteiger partial charge in [0.1, 0.15) is 11.5 Å². The molecule has 2 rings (SSSR count). The number of rotatable bonds is 16. The number of ether oxygens (including phenoxy) is 1. The molecule has 0 saturated carbocycles. The fourth-order valence-corrected chi connectivity index (χ4v) is 3.75. The van der Waals surface area contributed by atoms with Crippen LogP contribution in [0.25, 0.3) is 0 Å². The zero-order valence-corrected chi connectivity index (χ0v) is 22.1. The molecular weight excluding hydrogens is 480 g/mol. The molecule has 0 unspecified atom stereocenters. The first kappa shape index (κ1) is 31.3. The zero-order chi connectivity index (χ0) is 26.6. The maximum atomic E-state index is 12.3. The Morgan fingerprint density at radius 2 is 1.53 bits per heavy atom. The van der Waals surface area contributed by atoms with E-state index in [2.05, 4.69) is 24.0 Å². The van der Waals surface area contributed by atoms with Crippen molar-refractivity contribution in [3.63, 3.8) is 0 Å². The van der Waals surface area contributed by atoms with E-state index in [1.807, 2.05) is 18.2 Å². The Kier molecular flexibility index (Phi) is 16.9. The van der Waals surface area contributed by atoms with E-state index < -0.39 is 5.97 Å². The SMILES string of the molecule is CCCCCCCCCCCCc1ccccc1NC(=O)COc1ccc(O)c(Cl)c1.NCC(=O)O. The molecule has 0 aliphatic heterocycles. The number of hydrogen-bond donors (Lipinski definition) is 4. The smallest absolute Gasteiger partial charge is 0.317 e. The molecule has 0 saturated heterocycles.